The predicted octanol–water partition coefficient (Wildman–Crippen LogP) is 3.90. The van der Waals surface area contributed by atoms with E-state index in [1.54, 1.807) is 0 Å². The van der Waals surface area contributed by atoms with Crippen LogP contribution in [0.4, 0.5) is 5.69 Å². The second kappa shape index (κ2) is 5.17. The van der Waals surface area contributed by atoms with Gasteiger partial charge in [-0.15, -0.1) is 0 Å². The van der Waals surface area contributed by atoms with Crippen LogP contribution in [0.3, 0.4) is 0 Å². The van der Waals surface area contributed by atoms with Gasteiger partial charge in [-0.3, -0.25) is 0 Å². The number of hydrogen-bond donors (Lipinski definition) is 1. The van der Waals surface area contributed by atoms with Crippen molar-refractivity contribution in [2.45, 2.75) is 0 Å². The van der Waals surface area contributed by atoms with Crippen LogP contribution in [0.1, 0.15) is 11.1 Å². The molecule has 1 nitrogen and oxygen atoms in total. The van der Waals surface area contributed by atoms with Gasteiger partial charge in [0.2, 0.25) is 0 Å². The monoisotopic (exact) mass is 209 g/mol. The Morgan fingerprint density at radius 3 is 2.25 bits per heavy atom. The lowest BCUT2D eigenvalue weighted by molar-refractivity contribution is 1.49. The Bertz CT molecular complexity index is 472. The highest BCUT2D eigenvalue weighted by Gasteiger charge is 1.93. The van der Waals surface area contributed by atoms with Gasteiger partial charge in [0.05, 0.1) is 0 Å². The molecule has 0 radical (unpaired) electrons. The molecule has 0 bridgehead atoms. The predicted molar refractivity (Wildman–Crippen MR) is 71.4 cm³/mol. The van der Waals surface area contributed by atoms with E-state index in [9.17, 15) is 0 Å². The summed E-state index contributed by atoms with van der Waals surface area (Å²) in [6.07, 6.45) is 4.25. The fourth-order valence-corrected chi connectivity index (χ4v) is 1.62. The molecule has 1 N–H and O–H groups in total. The molecule has 0 heterocycles. The molecule has 0 unspecified atom stereocenters. The smallest absolute Gasteiger partial charge is 0.0411 e. The molecule has 0 spiro atoms. The van der Waals surface area contributed by atoms with Crippen LogP contribution in [0.25, 0.3) is 12.2 Å². The Balaban J connectivity index is 2.24. The van der Waals surface area contributed by atoms with Gasteiger partial charge in [-0.1, -0.05) is 60.7 Å². The van der Waals surface area contributed by atoms with Crippen molar-refractivity contribution in [3.8, 4) is 0 Å². The molecule has 2 aromatic rings. The summed E-state index contributed by atoms with van der Waals surface area (Å²) in [6, 6.07) is 18.6. The van der Waals surface area contributed by atoms with Gasteiger partial charge in [0.15, 0.2) is 0 Å². The summed E-state index contributed by atoms with van der Waals surface area (Å²) in [7, 11) is 1.94. The van der Waals surface area contributed by atoms with E-state index in [4.69, 9.17) is 0 Å². The van der Waals surface area contributed by atoms with E-state index in [0.717, 1.165) is 5.69 Å². The maximum Gasteiger partial charge on any atom is 0.0411 e. The molecule has 0 atom stereocenters. The summed E-state index contributed by atoms with van der Waals surface area (Å²) in [4.78, 5) is 0. The third kappa shape index (κ3) is 2.51. The first kappa shape index (κ1) is 10.5. The van der Waals surface area contributed by atoms with Gasteiger partial charge in [0, 0.05) is 12.7 Å². The lowest BCUT2D eigenvalue weighted by Crippen LogP contribution is -1.89. The number of nitrogens with one attached hydrogen (secondary N) is 1. The average molecular weight is 209 g/mol. The molecular weight excluding hydrogens is 194 g/mol. The Hall–Kier alpha value is -2.02. The second-order valence-electron chi connectivity index (χ2n) is 3.58. The van der Waals surface area contributed by atoms with Crippen LogP contribution in [-0.4, -0.2) is 7.05 Å². The first-order valence-corrected chi connectivity index (χ1v) is 5.40. The normalized spacial score (nSPS) is 10.6. The van der Waals surface area contributed by atoms with Crippen LogP contribution in [0.15, 0.2) is 54.6 Å². The average Bonchev–Trinajstić information content (AvgIpc) is 2.38. The lowest BCUT2D eigenvalue weighted by Gasteiger charge is -2.03. The summed E-state index contributed by atoms with van der Waals surface area (Å²) >= 11 is 0. The summed E-state index contributed by atoms with van der Waals surface area (Å²) in [5.41, 5.74) is 3.57. The number of benzene rings is 2. The van der Waals surface area contributed by atoms with Gasteiger partial charge in [0.1, 0.15) is 0 Å². The molecule has 16 heavy (non-hydrogen) atoms. The van der Waals surface area contributed by atoms with Crippen molar-refractivity contribution in [3.63, 3.8) is 0 Å². The standard InChI is InChI=1S/C15H15N/c1-16-15-10-6-5-9-14(15)12-11-13-7-3-2-4-8-13/h2-12,16H,1H3/b12-11+. The van der Waals surface area contributed by atoms with Crippen molar-refractivity contribution in [2.75, 3.05) is 12.4 Å². The van der Waals surface area contributed by atoms with Crippen LogP contribution in [0.2, 0.25) is 0 Å². The highest BCUT2D eigenvalue weighted by molar-refractivity contribution is 5.76. The lowest BCUT2D eigenvalue weighted by atomic mass is 10.1. The van der Waals surface area contributed by atoms with Crippen molar-refractivity contribution in [1.29, 1.82) is 0 Å². The van der Waals surface area contributed by atoms with Gasteiger partial charge in [-0.05, 0) is 17.2 Å². The minimum absolute atomic E-state index is 1.15. The Morgan fingerprint density at radius 2 is 1.50 bits per heavy atom. The quantitative estimate of drug-likeness (QED) is 0.756. The third-order valence-electron chi connectivity index (χ3n) is 2.49. The molecular formula is C15H15N. The summed E-state index contributed by atoms with van der Waals surface area (Å²) in [5.74, 6) is 0. The van der Waals surface area contributed by atoms with Gasteiger partial charge < -0.3 is 5.32 Å². The van der Waals surface area contributed by atoms with Crippen LogP contribution in [0.5, 0.6) is 0 Å². The summed E-state index contributed by atoms with van der Waals surface area (Å²) < 4.78 is 0. The van der Waals surface area contributed by atoms with E-state index < -0.39 is 0 Å². The van der Waals surface area contributed by atoms with E-state index >= 15 is 0 Å². The molecule has 0 saturated heterocycles. The number of rotatable bonds is 3. The van der Waals surface area contributed by atoms with Gasteiger partial charge >= 0.3 is 0 Å². The Kier molecular flexibility index (Phi) is 3.39. The summed E-state index contributed by atoms with van der Waals surface area (Å²) in [5, 5.41) is 3.18. The second-order valence-corrected chi connectivity index (χ2v) is 3.58. The van der Waals surface area contributed by atoms with Crippen LogP contribution >= 0.6 is 0 Å². The number of hydrogen-bond acceptors (Lipinski definition) is 1. The van der Waals surface area contributed by atoms with Crippen molar-refractivity contribution < 1.29 is 0 Å². The number of anilines is 1. The Morgan fingerprint density at radius 1 is 0.812 bits per heavy atom. The van der Waals surface area contributed by atoms with E-state index in [-0.39, 0.29) is 0 Å². The topological polar surface area (TPSA) is 12.0 Å². The van der Waals surface area contributed by atoms with Gasteiger partial charge in [0.25, 0.3) is 0 Å². The number of para-hydroxylation sites is 1. The first-order chi connectivity index (χ1) is 7.90. The zero-order chi connectivity index (χ0) is 11.2. The fraction of sp³-hybridized carbons (Fsp3) is 0.0667. The molecule has 2 rings (SSSR count). The molecule has 0 fully saturated rings. The first-order valence-electron chi connectivity index (χ1n) is 5.40. The van der Waals surface area contributed by atoms with E-state index in [1.165, 1.54) is 11.1 Å². The largest absolute Gasteiger partial charge is 0.388 e. The van der Waals surface area contributed by atoms with Crippen molar-refractivity contribution in [1.82, 2.24) is 0 Å². The molecule has 0 aliphatic rings. The molecule has 1 heteroatoms. The molecule has 0 aromatic heterocycles. The van der Waals surface area contributed by atoms with Crippen LogP contribution < -0.4 is 5.32 Å². The van der Waals surface area contributed by atoms with Gasteiger partial charge in [-0.2, -0.15) is 0 Å². The zero-order valence-corrected chi connectivity index (χ0v) is 9.35. The van der Waals surface area contributed by atoms with E-state index in [0.29, 0.717) is 0 Å². The zero-order valence-electron chi connectivity index (χ0n) is 9.35. The third-order valence-corrected chi connectivity index (χ3v) is 2.49. The van der Waals surface area contributed by atoms with E-state index in [2.05, 4.69) is 41.7 Å². The fourth-order valence-electron chi connectivity index (χ4n) is 1.62. The molecule has 0 amide bonds. The minimum atomic E-state index is 1.15. The maximum absolute atomic E-state index is 3.18. The maximum atomic E-state index is 3.18. The molecule has 0 aliphatic heterocycles. The van der Waals surface area contributed by atoms with Crippen molar-refractivity contribution in [2.24, 2.45) is 0 Å². The van der Waals surface area contributed by atoms with E-state index in [1.807, 2.05) is 37.4 Å². The highest BCUT2D eigenvalue weighted by Crippen LogP contribution is 2.17. The molecule has 2 aromatic carbocycles. The van der Waals surface area contributed by atoms with Crippen molar-refractivity contribution in [3.05, 3.63) is 65.7 Å². The van der Waals surface area contributed by atoms with Crippen LogP contribution in [0, 0.1) is 0 Å². The summed E-state index contributed by atoms with van der Waals surface area (Å²) in [6.45, 7) is 0. The molecule has 0 aliphatic carbocycles. The van der Waals surface area contributed by atoms with Crippen LogP contribution in [-0.2, 0) is 0 Å². The molecule has 80 valence electrons. The highest BCUT2D eigenvalue weighted by atomic mass is 14.8. The minimum Gasteiger partial charge on any atom is -0.388 e. The molecule has 0 saturated carbocycles. The SMILES string of the molecule is CNc1ccccc1/C=C/c1ccccc1. The Labute approximate surface area is 96.4 Å². The van der Waals surface area contributed by atoms with Gasteiger partial charge in [-0.25, -0.2) is 0 Å². The van der Waals surface area contributed by atoms with Crippen molar-refractivity contribution >= 4 is 17.8 Å².